The van der Waals surface area contributed by atoms with Crippen molar-refractivity contribution < 1.29 is 27.9 Å². The molecule has 0 saturated carbocycles. The first-order valence-electron chi connectivity index (χ1n) is 11.1. The summed E-state index contributed by atoms with van der Waals surface area (Å²) in [6.07, 6.45) is 1.62. The summed E-state index contributed by atoms with van der Waals surface area (Å²) in [5.74, 6) is -2.60. The molecule has 4 rings (SSSR count). The maximum absolute atomic E-state index is 14.7. The van der Waals surface area contributed by atoms with E-state index in [4.69, 9.17) is 16.3 Å². The largest absolute Gasteiger partial charge is 0.443 e. The van der Waals surface area contributed by atoms with Gasteiger partial charge in [-0.3, -0.25) is 9.69 Å². The van der Waals surface area contributed by atoms with E-state index in [1.165, 1.54) is 7.05 Å². The summed E-state index contributed by atoms with van der Waals surface area (Å²) in [5, 5.41) is -0.753. The second kappa shape index (κ2) is 9.07. The lowest BCUT2D eigenvalue weighted by molar-refractivity contribution is -0.119. The van der Waals surface area contributed by atoms with Gasteiger partial charge in [0.2, 0.25) is 0 Å². The highest BCUT2D eigenvalue weighted by Crippen LogP contribution is 2.32. The number of halogens is 3. The Labute approximate surface area is 206 Å². The smallest absolute Gasteiger partial charge is 0.418 e. The first kappa shape index (κ1) is 24.8. The zero-order valence-electron chi connectivity index (χ0n) is 19.8. The van der Waals surface area contributed by atoms with Crippen molar-refractivity contribution in [1.82, 2.24) is 9.88 Å². The molecule has 1 saturated heterocycles. The van der Waals surface area contributed by atoms with Gasteiger partial charge in [0.05, 0.1) is 12.2 Å². The van der Waals surface area contributed by atoms with Gasteiger partial charge in [0, 0.05) is 12.7 Å². The van der Waals surface area contributed by atoms with Crippen LogP contribution in [0.4, 0.5) is 29.9 Å². The van der Waals surface area contributed by atoms with Gasteiger partial charge < -0.3 is 9.64 Å². The van der Waals surface area contributed by atoms with Crippen LogP contribution >= 0.6 is 11.6 Å². The molecule has 0 bridgehead atoms. The van der Waals surface area contributed by atoms with Crippen molar-refractivity contribution in [3.8, 4) is 0 Å². The van der Waals surface area contributed by atoms with Gasteiger partial charge in [-0.1, -0.05) is 17.7 Å². The van der Waals surface area contributed by atoms with E-state index >= 15 is 0 Å². The molecule has 0 spiro atoms. The maximum Gasteiger partial charge on any atom is 0.418 e. The number of ether oxygens (including phenoxy) is 1. The second-order valence-corrected chi connectivity index (χ2v) is 9.86. The van der Waals surface area contributed by atoms with Gasteiger partial charge in [-0.2, -0.15) is 0 Å². The first-order chi connectivity index (χ1) is 16.4. The Morgan fingerprint density at radius 2 is 1.89 bits per heavy atom. The minimum absolute atomic E-state index is 0.200. The lowest BCUT2D eigenvalue weighted by atomic mass is 10.2. The number of fused-ring (bicyclic) bond motifs is 1. The molecule has 2 aliphatic rings. The van der Waals surface area contributed by atoms with Crippen LogP contribution in [0.3, 0.4) is 0 Å². The van der Waals surface area contributed by atoms with E-state index in [-0.39, 0.29) is 18.1 Å². The molecule has 1 fully saturated rings. The molecule has 1 aromatic carbocycles. The Bertz CT molecular complexity index is 1220. The highest BCUT2D eigenvalue weighted by molar-refractivity contribution is 6.31. The summed E-state index contributed by atoms with van der Waals surface area (Å²) in [5.41, 5.74) is 0.738. The predicted molar refractivity (Wildman–Crippen MR) is 126 cm³/mol. The quantitative estimate of drug-likeness (QED) is 0.563. The fraction of sp³-hybridized carbons (Fsp3) is 0.417. The van der Waals surface area contributed by atoms with E-state index < -0.39 is 46.3 Å². The average Bonchev–Trinajstić information content (AvgIpc) is 3.39. The maximum atomic E-state index is 14.7. The minimum atomic E-state index is -1.23. The number of nitrogens with zero attached hydrogens (tertiary/aromatic N) is 4. The Morgan fingerprint density at radius 1 is 1.17 bits per heavy atom. The van der Waals surface area contributed by atoms with E-state index in [2.05, 4.69) is 4.98 Å². The summed E-state index contributed by atoms with van der Waals surface area (Å²) >= 11 is 5.69. The number of imide groups is 1. The zero-order chi connectivity index (χ0) is 25.7. The van der Waals surface area contributed by atoms with Crippen molar-refractivity contribution in [3.63, 3.8) is 0 Å². The lowest BCUT2D eigenvalue weighted by Gasteiger charge is -2.27. The van der Waals surface area contributed by atoms with Crippen molar-refractivity contribution in [2.45, 2.75) is 51.7 Å². The SMILES string of the molecule is CN(C(=O)[C@@H]1CN(C(=O)OC(C)(C)C)C(=O)N1c1ccc2c(n1)CCC2)c1ccc(F)c(Cl)c1F. The number of carbonyl (C=O) groups is 3. The number of likely N-dealkylation sites (N-methyl/N-ethyl adjacent to an activating group) is 1. The van der Waals surface area contributed by atoms with Gasteiger partial charge in [-0.15, -0.1) is 0 Å². The van der Waals surface area contributed by atoms with Crippen molar-refractivity contribution in [2.75, 3.05) is 23.4 Å². The van der Waals surface area contributed by atoms with Gasteiger partial charge in [-0.05, 0) is 63.8 Å². The van der Waals surface area contributed by atoms with E-state index in [9.17, 15) is 23.2 Å². The second-order valence-electron chi connectivity index (χ2n) is 9.48. The fourth-order valence-corrected chi connectivity index (χ4v) is 4.33. The summed E-state index contributed by atoms with van der Waals surface area (Å²) < 4.78 is 33.7. The summed E-state index contributed by atoms with van der Waals surface area (Å²) in [6, 6.07) is 3.48. The number of pyridine rings is 1. The number of aromatic nitrogens is 1. The van der Waals surface area contributed by atoms with Crippen LogP contribution in [-0.2, 0) is 22.4 Å². The van der Waals surface area contributed by atoms with Gasteiger partial charge in [0.25, 0.3) is 5.91 Å². The molecule has 2 heterocycles. The summed E-state index contributed by atoms with van der Waals surface area (Å²) in [4.78, 5) is 47.1. The van der Waals surface area contributed by atoms with Crippen LogP contribution in [0.25, 0.3) is 0 Å². The van der Waals surface area contributed by atoms with Gasteiger partial charge in [-0.25, -0.2) is 28.3 Å². The number of benzene rings is 1. The number of urea groups is 1. The molecular formula is C24H25ClF2N4O4. The molecule has 8 nitrogen and oxygen atoms in total. The summed E-state index contributed by atoms with van der Waals surface area (Å²) in [7, 11) is 1.28. The Hall–Kier alpha value is -3.27. The number of amides is 4. The average molecular weight is 507 g/mol. The van der Waals surface area contributed by atoms with Crippen LogP contribution in [0.1, 0.15) is 38.4 Å². The number of rotatable bonds is 3. The molecule has 11 heteroatoms. The highest BCUT2D eigenvalue weighted by atomic mass is 35.5. The Morgan fingerprint density at radius 3 is 2.57 bits per heavy atom. The number of hydrogen-bond acceptors (Lipinski definition) is 5. The van der Waals surface area contributed by atoms with Crippen molar-refractivity contribution in [1.29, 1.82) is 0 Å². The lowest BCUT2D eigenvalue weighted by Crippen LogP contribution is -2.47. The Kier molecular flexibility index (Phi) is 6.44. The zero-order valence-corrected chi connectivity index (χ0v) is 20.5. The molecule has 1 aromatic heterocycles. The van der Waals surface area contributed by atoms with E-state index in [1.807, 2.05) is 6.07 Å². The number of anilines is 2. The molecule has 186 valence electrons. The predicted octanol–water partition coefficient (Wildman–Crippen LogP) is 4.71. The molecule has 0 radical (unpaired) electrons. The standard InChI is InChI=1S/C24H25ClF2N4O4/c1-24(2,3)35-23(34)30-12-17(21(32)29(4)16-10-9-14(26)19(25)20(16)27)31(22(30)33)18-11-8-13-6-5-7-15(13)28-18/h8-11,17H,5-7,12H2,1-4H3/t17-/m0/s1. The topological polar surface area (TPSA) is 83.1 Å². The van der Waals surface area contributed by atoms with Crippen LogP contribution in [0.2, 0.25) is 5.02 Å². The third-order valence-electron chi connectivity index (χ3n) is 5.87. The van der Waals surface area contributed by atoms with Crippen LogP contribution in [-0.4, -0.2) is 53.2 Å². The highest BCUT2D eigenvalue weighted by Gasteiger charge is 2.48. The van der Waals surface area contributed by atoms with Gasteiger partial charge in [0.15, 0.2) is 5.82 Å². The minimum Gasteiger partial charge on any atom is -0.443 e. The normalized spacial score (nSPS) is 17.6. The molecule has 1 aliphatic carbocycles. The first-order valence-corrected chi connectivity index (χ1v) is 11.5. The molecule has 0 N–H and O–H groups in total. The van der Waals surface area contributed by atoms with Crippen molar-refractivity contribution in [2.24, 2.45) is 0 Å². The number of hydrogen-bond donors (Lipinski definition) is 0. The van der Waals surface area contributed by atoms with Crippen molar-refractivity contribution in [3.05, 3.63) is 52.2 Å². The molecular weight excluding hydrogens is 482 g/mol. The number of aryl methyl sites for hydroxylation is 2. The third-order valence-corrected chi connectivity index (χ3v) is 6.22. The van der Waals surface area contributed by atoms with Crippen molar-refractivity contribution >= 4 is 41.1 Å². The molecule has 0 unspecified atom stereocenters. The Balaban J connectivity index is 1.71. The van der Waals surface area contributed by atoms with E-state index in [0.717, 1.165) is 57.4 Å². The van der Waals surface area contributed by atoms with E-state index in [1.54, 1.807) is 26.8 Å². The van der Waals surface area contributed by atoms with Crippen LogP contribution < -0.4 is 9.80 Å². The van der Waals surface area contributed by atoms with Crippen LogP contribution in [0, 0.1) is 11.6 Å². The number of carbonyl (C=O) groups excluding carboxylic acids is 3. The monoisotopic (exact) mass is 506 g/mol. The van der Waals surface area contributed by atoms with Gasteiger partial charge in [0.1, 0.15) is 28.3 Å². The molecule has 1 atom stereocenters. The fourth-order valence-electron chi connectivity index (χ4n) is 4.17. The molecule has 4 amide bonds. The molecule has 35 heavy (non-hydrogen) atoms. The summed E-state index contributed by atoms with van der Waals surface area (Å²) in [6.45, 7) is 4.63. The molecule has 2 aromatic rings. The molecule has 1 aliphatic heterocycles. The third kappa shape index (κ3) is 4.67. The van der Waals surface area contributed by atoms with Crippen LogP contribution in [0.15, 0.2) is 24.3 Å². The van der Waals surface area contributed by atoms with E-state index in [0.29, 0.717) is 0 Å². The van der Waals surface area contributed by atoms with Crippen LogP contribution in [0.5, 0.6) is 0 Å². The van der Waals surface area contributed by atoms with Gasteiger partial charge >= 0.3 is 12.1 Å².